The van der Waals surface area contributed by atoms with Crippen LogP contribution in [-0.2, 0) is 15.8 Å². The van der Waals surface area contributed by atoms with Gasteiger partial charge in [-0.2, -0.15) is 13.2 Å². The molecule has 1 saturated heterocycles. The van der Waals surface area contributed by atoms with Crippen molar-refractivity contribution >= 4 is 35.3 Å². The summed E-state index contributed by atoms with van der Waals surface area (Å²) in [7, 11) is 0. The largest absolute Gasteiger partial charge is 0.416 e. The van der Waals surface area contributed by atoms with Crippen LogP contribution < -0.4 is 5.32 Å². The summed E-state index contributed by atoms with van der Waals surface area (Å²) in [5.41, 5.74) is 1.40. The number of nitrogens with one attached hydrogen (secondary N) is 1. The minimum atomic E-state index is -4.40. The van der Waals surface area contributed by atoms with Crippen LogP contribution in [0.1, 0.15) is 16.7 Å². The molecule has 1 aliphatic heterocycles. The van der Waals surface area contributed by atoms with E-state index in [-0.39, 0.29) is 11.8 Å². The predicted octanol–water partition coefficient (Wildman–Crippen LogP) is 4.57. The van der Waals surface area contributed by atoms with Gasteiger partial charge in [-0.05, 0) is 48.4 Å². The zero-order chi connectivity index (χ0) is 21.0. The molecule has 0 spiro atoms. The lowest BCUT2D eigenvalue weighted by molar-refractivity contribution is -0.137. The normalized spacial score (nSPS) is 17.0. The number of nitrogens with zero attached hydrogens (tertiary/aromatic N) is 1. The second-order valence-corrected chi connectivity index (χ2v) is 7.64. The first-order valence-corrected chi connectivity index (χ1v) is 10.0. The SMILES string of the molecule is Cc1cccc(NC(=O)C2CSCN2C(=O)C=Cc2ccc(C(F)(F)F)cc2)c1. The third kappa shape index (κ3) is 5.41. The number of halogens is 3. The van der Waals surface area contributed by atoms with Gasteiger partial charge in [-0.15, -0.1) is 11.8 Å². The Morgan fingerprint density at radius 2 is 1.90 bits per heavy atom. The van der Waals surface area contributed by atoms with Gasteiger partial charge in [0.15, 0.2) is 0 Å². The first-order valence-electron chi connectivity index (χ1n) is 8.85. The number of anilines is 1. The molecule has 2 amide bonds. The van der Waals surface area contributed by atoms with Gasteiger partial charge in [0.2, 0.25) is 11.8 Å². The molecule has 2 aromatic carbocycles. The van der Waals surface area contributed by atoms with E-state index in [1.807, 2.05) is 25.1 Å². The highest BCUT2D eigenvalue weighted by Gasteiger charge is 2.34. The molecule has 8 heteroatoms. The molecule has 152 valence electrons. The van der Waals surface area contributed by atoms with Crippen LogP contribution in [0, 0.1) is 6.92 Å². The van der Waals surface area contributed by atoms with Gasteiger partial charge >= 0.3 is 6.18 Å². The smallest absolute Gasteiger partial charge is 0.324 e. The summed E-state index contributed by atoms with van der Waals surface area (Å²) >= 11 is 1.47. The van der Waals surface area contributed by atoms with Gasteiger partial charge in [-0.1, -0.05) is 24.3 Å². The second kappa shape index (κ2) is 8.73. The number of carbonyl (C=O) groups is 2. The van der Waals surface area contributed by atoms with Crippen LogP contribution in [-0.4, -0.2) is 34.4 Å². The van der Waals surface area contributed by atoms with Crippen molar-refractivity contribution in [2.45, 2.75) is 19.1 Å². The van der Waals surface area contributed by atoms with Crippen LogP contribution in [0.25, 0.3) is 6.08 Å². The molecule has 1 heterocycles. The molecule has 29 heavy (non-hydrogen) atoms. The standard InChI is InChI=1S/C21H19F3N2O2S/c1-14-3-2-4-17(11-14)25-20(28)18-12-29-13-26(18)19(27)10-7-15-5-8-16(9-6-15)21(22,23)24/h2-11,18H,12-13H2,1H3,(H,25,28). The van der Waals surface area contributed by atoms with Crippen LogP contribution in [0.2, 0.25) is 0 Å². The number of benzene rings is 2. The van der Waals surface area contributed by atoms with E-state index in [0.717, 1.165) is 17.7 Å². The van der Waals surface area contributed by atoms with Crippen molar-refractivity contribution < 1.29 is 22.8 Å². The van der Waals surface area contributed by atoms with Gasteiger partial charge in [-0.25, -0.2) is 0 Å². The number of thioether (sulfide) groups is 1. The Morgan fingerprint density at radius 1 is 1.17 bits per heavy atom. The molecule has 0 saturated carbocycles. The fourth-order valence-electron chi connectivity index (χ4n) is 2.87. The number of hydrogen-bond acceptors (Lipinski definition) is 3. The average Bonchev–Trinajstić information content (AvgIpc) is 3.16. The number of hydrogen-bond donors (Lipinski definition) is 1. The van der Waals surface area contributed by atoms with Crippen LogP contribution in [0.5, 0.6) is 0 Å². The van der Waals surface area contributed by atoms with E-state index in [9.17, 15) is 22.8 Å². The molecule has 2 aromatic rings. The van der Waals surface area contributed by atoms with E-state index in [4.69, 9.17) is 0 Å². The van der Waals surface area contributed by atoms with Gasteiger partial charge in [-0.3, -0.25) is 9.59 Å². The van der Waals surface area contributed by atoms with Crippen molar-refractivity contribution in [3.8, 4) is 0 Å². The molecule has 0 aromatic heterocycles. The topological polar surface area (TPSA) is 49.4 Å². The van der Waals surface area contributed by atoms with Crippen molar-refractivity contribution in [2.24, 2.45) is 0 Å². The lowest BCUT2D eigenvalue weighted by atomic mass is 10.1. The molecule has 0 bridgehead atoms. The van der Waals surface area contributed by atoms with Gasteiger partial charge in [0, 0.05) is 17.5 Å². The Morgan fingerprint density at radius 3 is 2.55 bits per heavy atom. The lowest BCUT2D eigenvalue weighted by Gasteiger charge is -2.21. The molecule has 3 rings (SSSR count). The predicted molar refractivity (Wildman–Crippen MR) is 108 cm³/mol. The van der Waals surface area contributed by atoms with Crippen LogP contribution >= 0.6 is 11.8 Å². The average molecular weight is 420 g/mol. The van der Waals surface area contributed by atoms with E-state index in [1.165, 1.54) is 40.9 Å². The first kappa shape index (κ1) is 21.0. The Labute approximate surface area is 170 Å². The maximum absolute atomic E-state index is 12.6. The lowest BCUT2D eigenvalue weighted by Crippen LogP contribution is -2.43. The number of amides is 2. The van der Waals surface area contributed by atoms with Gasteiger partial charge < -0.3 is 10.2 Å². The van der Waals surface area contributed by atoms with Crippen molar-refractivity contribution in [3.63, 3.8) is 0 Å². The minimum absolute atomic E-state index is 0.267. The number of rotatable bonds is 4. The molecule has 4 nitrogen and oxygen atoms in total. The molecule has 1 N–H and O–H groups in total. The van der Waals surface area contributed by atoms with Crippen molar-refractivity contribution in [3.05, 3.63) is 71.3 Å². The van der Waals surface area contributed by atoms with E-state index in [1.54, 1.807) is 6.07 Å². The summed E-state index contributed by atoms with van der Waals surface area (Å²) in [5.74, 6) is 0.232. The second-order valence-electron chi connectivity index (χ2n) is 6.64. The summed E-state index contributed by atoms with van der Waals surface area (Å²) in [6, 6.07) is 11.3. The molecular formula is C21H19F3N2O2S. The summed E-state index contributed by atoms with van der Waals surface area (Å²) in [5, 5.41) is 2.83. The summed E-state index contributed by atoms with van der Waals surface area (Å²) in [6.07, 6.45) is -1.68. The molecule has 1 aliphatic rings. The molecule has 0 radical (unpaired) electrons. The Balaban J connectivity index is 1.65. The highest BCUT2D eigenvalue weighted by atomic mass is 32.2. The Hall–Kier alpha value is -2.74. The highest BCUT2D eigenvalue weighted by molar-refractivity contribution is 7.99. The molecule has 1 fully saturated rings. The quantitative estimate of drug-likeness (QED) is 0.738. The van der Waals surface area contributed by atoms with E-state index >= 15 is 0 Å². The maximum atomic E-state index is 12.6. The van der Waals surface area contributed by atoms with Gasteiger partial charge in [0.25, 0.3) is 0 Å². The first-order chi connectivity index (χ1) is 13.7. The third-order valence-corrected chi connectivity index (χ3v) is 5.42. The highest BCUT2D eigenvalue weighted by Crippen LogP contribution is 2.29. The van der Waals surface area contributed by atoms with E-state index in [0.29, 0.717) is 22.9 Å². The number of carbonyl (C=O) groups excluding carboxylic acids is 2. The number of alkyl halides is 3. The van der Waals surface area contributed by atoms with Gasteiger partial charge in [0.05, 0.1) is 11.4 Å². The molecule has 0 aliphatic carbocycles. The maximum Gasteiger partial charge on any atom is 0.416 e. The van der Waals surface area contributed by atoms with E-state index in [2.05, 4.69) is 5.32 Å². The van der Waals surface area contributed by atoms with Crippen LogP contribution in [0.4, 0.5) is 18.9 Å². The van der Waals surface area contributed by atoms with Crippen LogP contribution in [0.15, 0.2) is 54.6 Å². The van der Waals surface area contributed by atoms with Crippen LogP contribution in [0.3, 0.4) is 0 Å². The zero-order valence-electron chi connectivity index (χ0n) is 15.6. The van der Waals surface area contributed by atoms with Crippen molar-refractivity contribution in [1.29, 1.82) is 0 Å². The summed E-state index contributed by atoms with van der Waals surface area (Å²) < 4.78 is 37.8. The van der Waals surface area contributed by atoms with Crippen molar-refractivity contribution in [1.82, 2.24) is 4.90 Å². The molecule has 1 unspecified atom stereocenters. The minimum Gasteiger partial charge on any atom is -0.324 e. The summed E-state index contributed by atoms with van der Waals surface area (Å²) in [4.78, 5) is 26.6. The Kier molecular flexibility index (Phi) is 6.32. The zero-order valence-corrected chi connectivity index (χ0v) is 16.4. The Bertz CT molecular complexity index is 926. The summed E-state index contributed by atoms with van der Waals surface area (Å²) in [6.45, 7) is 1.92. The van der Waals surface area contributed by atoms with E-state index < -0.39 is 17.8 Å². The molecular weight excluding hydrogens is 401 g/mol. The fourth-order valence-corrected chi connectivity index (χ4v) is 4.04. The van der Waals surface area contributed by atoms with Gasteiger partial charge in [0.1, 0.15) is 6.04 Å². The third-order valence-electron chi connectivity index (χ3n) is 4.41. The van der Waals surface area contributed by atoms with Crippen molar-refractivity contribution in [2.75, 3.05) is 16.9 Å². The fraction of sp³-hybridized carbons (Fsp3) is 0.238. The number of aryl methyl sites for hydroxylation is 1. The monoisotopic (exact) mass is 420 g/mol. The molecule has 1 atom stereocenters.